The average molecular weight is 426 g/mol. The normalized spacial score (nSPS) is 11.9. The van der Waals surface area contributed by atoms with Crippen molar-refractivity contribution in [2.75, 3.05) is 7.11 Å². The van der Waals surface area contributed by atoms with Crippen molar-refractivity contribution in [2.24, 2.45) is 11.7 Å². The van der Waals surface area contributed by atoms with Gasteiger partial charge in [0.2, 0.25) is 5.91 Å². The molecule has 8 nitrogen and oxygen atoms in total. The van der Waals surface area contributed by atoms with Crippen LogP contribution in [0.25, 0.3) is 17.1 Å². The molecular weight excluding hydrogens is 402 g/mol. The van der Waals surface area contributed by atoms with Gasteiger partial charge in [-0.3, -0.25) is 14.7 Å². The second-order valence-electron chi connectivity index (χ2n) is 6.84. The Kier molecular flexibility index (Phi) is 6.73. The molecule has 2 aromatic carbocycles. The fraction of sp³-hybridized carbons (Fsp3) is 0.238. The number of nitrogens with two attached hydrogens (primary N) is 1. The molecule has 0 radical (unpaired) electrons. The van der Waals surface area contributed by atoms with Crippen LogP contribution in [0.15, 0.2) is 59.8 Å². The van der Waals surface area contributed by atoms with Gasteiger partial charge in [0.05, 0.1) is 12.4 Å². The highest BCUT2D eigenvalue weighted by atomic mass is 32.2. The van der Waals surface area contributed by atoms with Crippen molar-refractivity contribution in [1.82, 2.24) is 20.1 Å². The number of rotatable bonds is 7. The number of aromatic nitrogens is 3. The van der Waals surface area contributed by atoms with Crippen molar-refractivity contribution in [3.05, 3.63) is 54.6 Å². The number of nitrogens with zero attached hydrogens (tertiary/aromatic N) is 3. The van der Waals surface area contributed by atoms with Crippen molar-refractivity contribution >= 4 is 23.7 Å². The SMILES string of the molecule is COc1ccc(-c2nnc(SC(C(=O)NC(N)=O)C(C)C)n2-c2ccccc2)cc1. The number of benzene rings is 2. The molecule has 30 heavy (non-hydrogen) atoms. The van der Waals surface area contributed by atoms with Gasteiger partial charge in [-0.15, -0.1) is 10.2 Å². The minimum absolute atomic E-state index is 0.0697. The first-order valence-electron chi connectivity index (χ1n) is 9.33. The Bertz CT molecular complexity index is 1020. The summed E-state index contributed by atoms with van der Waals surface area (Å²) in [6.07, 6.45) is 0. The van der Waals surface area contributed by atoms with E-state index in [2.05, 4.69) is 15.5 Å². The standard InChI is InChI=1S/C21H23N5O3S/c1-13(2)17(19(27)23-20(22)28)30-21-25-24-18(14-9-11-16(29-3)12-10-14)26(21)15-7-5-4-6-8-15/h4-13,17H,1-3H3,(H3,22,23,27,28). The summed E-state index contributed by atoms with van der Waals surface area (Å²) in [6.45, 7) is 3.79. The lowest BCUT2D eigenvalue weighted by atomic mass is 10.1. The number of hydrogen-bond donors (Lipinski definition) is 2. The number of imide groups is 1. The molecule has 1 aromatic heterocycles. The summed E-state index contributed by atoms with van der Waals surface area (Å²) in [6, 6.07) is 16.3. The van der Waals surface area contributed by atoms with E-state index in [1.54, 1.807) is 7.11 Å². The van der Waals surface area contributed by atoms with Crippen LogP contribution in [0.4, 0.5) is 4.79 Å². The third-order valence-corrected chi connectivity index (χ3v) is 5.83. The number of nitrogens with one attached hydrogen (secondary N) is 1. The number of para-hydroxylation sites is 1. The average Bonchev–Trinajstić information content (AvgIpc) is 3.15. The van der Waals surface area contributed by atoms with Gasteiger partial charge >= 0.3 is 6.03 Å². The minimum Gasteiger partial charge on any atom is -0.497 e. The maximum atomic E-state index is 12.5. The van der Waals surface area contributed by atoms with Crippen LogP contribution in [-0.4, -0.2) is 39.1 Å². The minimum atomic E-state index is -0.880. The maximum Gasteiger partial charge on any atom is 0.318 e. The molecule has 0 fully saturated rings. The summed E-state index contributed by atoms with van der Waals surface area (Å²) >= 11 is 1.24. The van der Waals surface area contributed by atoms with Crippen LogP contribution in [0.5, 0.6) is 5.75 Å². The van der Waals surface area contributed by atoms with Gasteiger partial charge in [0.25, 0.3) is 0 Å². The smallest absolute Gasteiger partial charge is 0.318 e. The van der Waals surface area contributed by atoms with Gasteiger partial charge in [-0.05, 0) is 42.3 Å². The Morgan fingerprint density at radius 1 is 1.07 bits per heavy atom. The van der Waals surface area contributed by atoms with Crippen molar-refractivity contribution in [3.8, 4) is 22.8 Å². The molecule has 0 saturated heterocycles. The summed E-state index contributed by atoms with van der Waals surface area (Å²) in [7, 11) is 1.61. The van der Waals surface area contributed by atoms with E-state index in [-0.39, 0.29) is 5.92 Å². The highest BCUT2D eigenvalue weighted by Gasteiger charge is 2.28. The molecule has 0 saturated carbocycles. The molecule has 3 aromatic rings. The topological polar surface area (TPSA) is 112 Å². The molecule has 1 atom stereocenters. The zero-order valence-corrected chi connectivity index (χ0v) is 17.7. The van der Waals surface area contributed by atoms with Gasteiger partial charge < -0.3 is 10.5 Å². The van der Waals surface area contributed by atoms with Gasteiger partial charge in [-0.25, -0.2) is 4.79 Å². The molecule has 1 unspecified atom stereocenters. The fourth-order valence-electron chi connectivity index (χ4n) is 2.88. The number of primary amides is 1. The quantitative estimate of drug-likeness (QED) is 0.562. The first-order chi connectivity index (χ1) is 14.4. The lowest BCUT2D eigenvalue weighted by Crippen LogP contribution is -2.42. The number of amides is 3. The van der Waals surface area contributed by atoms with Crippen molar-refractivity contribution in [2.45, 2.75) is 24.3 Å². The van der Waals surface area contributed by atoms with E-state index in [1.807, 2.05) is 73.0 Å². The molecule has 0 aliphatic carbocycles. The molecule has 0 aliphatic rings. The molecule has 3 amide bonds. The van der Waals surface area contributed by atoms with Gasteiger partial charge in [-0.2, -0.15) is 0 Å². The Morgan fingerprint density at radius 2 is 1.73 bits per heavy atom. The van der Waals surface area contributed by atoms with Crippen molar-refractivity contribution in [3.63, 3.8) is 0 Å². The zero-order valence-electron chi connectivity index (χ0n) is 16.9. The number of carbonyl (C=O) groups is 2. The third-order valence-electron chi connectivity index (χ3n) is 4.34. The predicted molar refractivity (Wildman–Crippen MR) is 116 cm³/mol. The molecule has 3 rings (SSSR count). The van der Waals surface area contributed by atoms with E-state index in [0.29, 0.717) is 11.0 Å². The van der Waals surface area contributed by atoms with E-state index in [4.69, 9.17) is 10.5 Å². The summed E-state index contributed by atoms with van der Waals surface area (Å²) in [4.78, 5) is 23.6. The largest absolute Gasteiger partial charge is 0.497 e. The van der Waals surface area contributed by atoms with Crippen LogP contribution in [0, 0.1) is 5.92 Å². The number of hydrogen-bond acceptors (Lipinski definition) is 6. The molecule has 0 aliphatic heterocycles. The molecule has 0 spiro atoms. The summed E-state index contributed by atoms with van der Waals surface area (Å²) in [5.41, 5.74) is 6.83. The third kappa shape index (κ3) is 4.80. The Balaban J connectivity index is 2.05. The second kappa shape index (κ2) is 9.45. The Labute approximate surface area is 178 Å². The van der Waals surface area contributed by atoms with E-state index in [0.717, 1.165) is 17.0 Å². The lowest BCUT2D eigenvalue weighted by molar-refractivity contribution is -0.120. The van der Waals surface area contributed by atoms with Crippen LogP contribution in [0.1, 0.15) is 13.8 Å². The van der Waals surface area contributed by atoms with E-state index >= 15 is 0 Å². The first-order valence-corrected chi connectivity index (χ1v) is 10.2. The molecule has 9 heteroatoms. The maximum absolute atomic E-state index is 12.5. The summed E-state index contributed by atoms with van der Waals surface area (Å²) in [5, 5.41) is 10.8. The van der Waals surface area contributed by atoms with Crippen LogP contribution in [-0.2, 0) is 4.79 Å². The monoisotopic (exact) mass is 425 g/mol. The predicted octanol–water partition coefficient (Wildman–Crippen LogP) is 3.25. The molecule has 3 N–H and O–H groups in total. The van der Waals surface area contributed by atoms with Gasteiger partial charge in [-0.1, -0.05) is 43.8 Å². The number of carbonyl (C=O) groups excluding carboxylic acids is 2. The van der Waals surface area contributed by atoms with Crippen LogP contribution in [0.3, 0.4) is 0 Å². The molecule has 1 heterocycles. The number of thioether (sulfide) groups is 1. The fourth-order valence-corrected chi connectivity index (χ4v) is 3.93. The molecular formula is C21H23N5O3S. The van der Waals surface area contributed by atoms with Crippen molar-refractivity contribution in [1.29, 1.82) is 0 Å². The number of urea groups is 1. The summed E-state index contributed by atoms with van der Waals surface area (Å²) < 4.78 is 7.12. The molecule has 156 valence electrons. The van der Waals surface area contributed by atoms with Crippen LogP contribution in [0.2, 0.25) is 0 Å². The first kappa shape index (κ1) is 21.4. The van der Waals surface area contributed by atoms with E-state index in [1.165, 1.54) is 11.8 Å². The second-order valence-corrected chi connectivity index (χ2v) is 7.95. The summed E-state index contributed by atoms with van der Waals surface area (Å²) in [5.74, 6) is 0.835. The zero-order chi connectivity index (χ0) is 21.7. The molecule has 0 bridgehead atoms. The Hall–Kier alpha value is -3.33. The van der Waals surface area contributed by atoms with E-state index < -0.39 is 17.2 Å². The highest BCUT2D eigenvalue weighted by molar-refractivity contribution is 8.00. The number of ether oxygens (including phenoxy) is 1. The van der Waals surface area contributed by atoms with Crippen LogP contribution >= 0.6 is 11.8 Å². The Morgan fingerprint density at radius 3 is 2.30 bits per heavy atom. The number of methoxy groups -OCH3 is 1. The van der Waals surface area contributed by atoms with Gasteiger partial charge in [0, 0.05) is 11.3 Å². The van der Waals surface area contributed by atoms with Gasteiger partial charge in [0.1, 0.15) is 5.75 Å². The van der Waals surface area contributed by atoms with E-state index in [9.17, 15) is 9.59 Å². The van der Waals surface area contributed by atoms with Crippen molar-refractivity contribution < 1.29 is 14.3 Å². The lowest BCUT2D eigenvalue weighted by Gasteiger charge is -2.19. The van der Waals surface area contributed by atoms with Gasteiger partial charge in [0.15, 0.2) is 11.0 Å². The highest BCUT2D eigenvalue weighted by Crippen LogP contribution is 2.33. The van der Waals surface area contributed by atoms with Crippen LogP contribution < -0.4 is 15.8 Å².